The highest BCUT2D eigenvalue weighted by molar-refractivity contribution is 5.56. The summed E-state index contributed by atoms with van der Waals surface area (Å²) >= 11 is 0. The minimum atomic E-state index is 0.413. The molecule has 3 fully saturated rings. The van der Waals surface area contributed by atoms with Crippen LogP contribution >= 0.6 is 0 Å². The van der Waals surface area contributed by atoms with E-state index in [1.165, 1.54) is 55.5 Å². The van der Waals surface area contributed by atoms with Crippen LogP contribution in [0.4, 0.5) is 0 Å². The summed E-state index contributed by atoms with van der Waals surface area (Å²) in [6.45, 7) is 12.3. The number of benzene rings is 2. The molecule has 4 aliphatic rings. The Labute approximate surface area is 222 Å². The largest absolute Gasteiger partial charge is 0.493 e. The second kappa shape index (κ2) is 10.5. The first kappa shape index (κ1) is 25.0. The summed E-state index contributed by atoms with van der Waals surface area (Å²) in [5, 5.41) is 3.61. The lowest BCUT2D eigenvalue weighted by Gasteiger charge is -2.60. The van der Waals surface area contributed by atoms with Gasteiger partial charge in [0.2, 0.25) is 5.75 Å². The molecule has 0 radical (unpaired) electrons. The minimum Gasteiger partial charge on any atom is -0.493 e. The summed E-state index contributed by atoms with van der Waals surface area (Å²) in [5.74, 6) is 2.89. The number of piperidine rings is 1. The van der Waals surface area contributed by atoms with Gasteiger partial charge in [0, 0.05) is 43.8 Å². The van der Waals surface area contributed by atoms with E-state index in [-0.39, 0.29) is 0 Å². The highest BCUT2D eigenvalue weighted by Crippen LogP contribution is 2.53. The molecule has 1 aliphatic carbocycles. The van der Waals surface area contributed by atoms with Gasteiger partial charge in [-0.1, -0.05) is 44.2 Å². The molecule has 6 heteroatoms. The molecule has 2 saturated heterocycles. The maximum Gasteiger partial charge on any atom is 0.204 e. The molecule has 2 unspecified atom stereocenters. The van der Waals surface area contributed by atoms with Gasteiger partial charge in [-0.15, -0.1) is 0 Å². The number of hydrogen-bond donors (Lipinski definition) is 1. The van der Waals surface area contributed by atoms with E-state index in [0.29, 0.717) is 36.6 Å². The molecule has 200 valence electrons. The van der Waals surface area contributed by atoms with Gasteiger partial charge >= 0.3 is 0 Å². The van der Waals surface area contributed by atoms with Crippen LogP contribution in [-0.2, 0) is 6.54 Å². The lowest BCUT2D eigenvalue weighted by atomic mass is 9.58. The van der Waals surface area contributed by atoms with Crippen molar-refractivity contribution >= 4 is 0 Å². The fourth-order valence-corrected chi connectivity index (χ4v) is 7.39. The van der Waals surface area contributed by atoms with Crippen molar-refractivity contribution in [1.29, 1.82) is 0 Å². The molecule has 3 heterocycles. The van der Waals surface area contributed by atoms with E-state index >= 15 is 0 Å². The van der Waals surface area contributed by atoms with Gasteiger partial charge in [-0.05, 0) is 67.3 Å². The SMILES string of the molecule is COc1ccc(CN2CCN(C3CCC34CCNCC4)C(c3ccccc3C(C)C)C2)c2c1OCCO2. The number of nitrogens with zero attached hydrogens (tertiary/aromatic N) is 2. The van der Waals surface area contributed by atoms with Crippen LogP contribution in [0, 0.1) is 5.41 Å². The van der Waals surface area contributed by atoms with E-state index < -0.39 is 0 Å². The van der Waals surface area contributed by atoms with E-state index in [0.717, 1.165) is 43.4 Å². The van der Waals surface area contributed by atoms with Crippen LogP contribution in [-0.4, -0.2) is 68.9 Å². The molecular weight excluding hydrogens is 462 g/mol. The second-order valence-electron chi connectivity index (χ2n) is 11.7. The van der Waals surface area contributed by atoms with E-state index in [1.54, 1.807) is 7.11 Å². The standard InChI is InChI=1S/C31H43N3O3/c1-22(2)24-6-4-5-7-25(24)26-21-33(16-17-34(26)28-10-11-31(28)12-14-32-15-13-31)20-23-8-9-27(35-3)30-29(23)36-18-19-37-30/h4-9,22,26,28,32H,10-21H2,1-3H3. The molecule has 2 atom stereocenters. The van der Waals surface area contributed by atoms with Crippen molar-refractivity contribution in [3.05, 3.63) is 53.1 Å². The zero-order valence-electron chi connectivity index (χ0n) is 22.8. The molecule has 6 nitrogen and oxygen atoms in total. The first-order chi connectivity index (χ1) is 18.1. The quantitative estimate of drug-likeness (QED) is 0.598. The Hall–Kier alpha value is -2.28. The van der Waals surface area contributed by atoms with E-state index in [2.05, 4.69) is 59.3 Å². The third-order valence-corrected chi connectivity index (χ3v) is 9.45. The summed E-state index contributed by atoms with van der Waals surface area (Å²) in [7, 11) is 1.69. The Kier molecular flexibility index (Phi) is 7.08. The average Bonchev–Trinajstić information content (AvgIpc) is 2.94. The zero-order chi connectivity index (χ0) is 25.4. The highest BCUT2D eigenvalue weighted by Gasteiger charge is 2.52. The molecular formula is C31H43N3O3. The lowest BCUT2D eigenvalue weighted by Crippen LogP contribution is -2.63. The van der Waals surface area contributed by atoms with Gasteiger partial charge in [-0.3, -0.25) is 9.80 Å². The summed E-state index contributed by atoms with van der Waals surface area (Å²) in [6, 6.07) is 14.5. The number of nitrogens with one attached hydrogen (secondary N) is 1. The number of fused-ring (bicyclic) bond motifs is 1. The fraction of sp³-hybridized carbons (Fsp3) is 0.613. The highest BCUT2D eigenvalue weighted by atomic mass is 16.6. The first-order valence-electron chi connectivity index (χ1n) is 14.3. The van der Waals surface area contributed by atoms with Crippen LogP contribution in [0.3, 0.4) is 0 Å². The summed E-state index contributed by atoms with van der Waals surface area (Å²) < 4.78 is 17.6. The molecule has 2 aromatic carbocycles. The Balaban J connectivity index is 1.30. The Bertz CT molecular complexity index is 1100. The number of piperazine rings is 1. The van der Waals surface area contributed by atoms with E-state index in [1.807, 2.05) is 6.07 Å². The third-order valence-electron chi connectivity index (χ3n) is 9.45. The Morgan fingerprint density at radius 1 is 1.00 bits per heavy atom. The van der Waals surface area contributed by atoms with Gasteiger partial charge in [-0.25, -0.2) is 0 Å². The van der Waals surface area contributed by atoms with Gasteiger partial charge in [0.05, 0.1) is 7.11 Å². The van der Waals surface area contributed by atoms with Crippen molar-refractivity contribution in [3.8, 4) is 17.2 Å². The van der Waals surface area contributed by atoms with Crippen LogP contribution in [0.2, 0.25) is 0 Å². The topological polar surface area (TPSA) is 46.2 Å². The van der Waals surface area contributed by atoms with Gasteiger partial charge < -0.3 is 19.5 Å². The van der Waals surface area contributed by atoms with Gasteiger partial charge in [-0.2, -0.15) is 0 Å². The lowest BCUT2D eigenvalue weighted by molar-refractivity contribution is -0.0906. The normalized spacial score (nSPS) is 25.7. The summed E-state index contributed by atoms with van der Waals surface area (Å²) in [4.78, 5) is 5.54. The van der Waals surface area contributed by atoms with Crippen LogP contribution in [0.1, 0.15) is 68.2 Å². The van der Waals surface area contributed by atoms with Crippen molar-refractivity contribution < 1.29 is 14.2 Å². The second-order valence-corrected chi connectivity index (χ2v) is 11.7. The maximum absolute atomic E-state index is 6.11. The van der Waals surface area contributed by atoms with E-state index in [4.69, 9.17) is 14.2 Å². The molecule has 2 aromatic rings. The zero-order valence-corrected chi connectivity index (χ0v) is 22.8. The Morgan fingerprint density at radius 3 is 2.51 bits per heavy atom. The van der Waals surface area contributed by atoms with Crippen LogP contribution in [0.5, 0.6) is 17.2 Å². The molecule has 1 saturated carbocycles. The molecule has 1 spiro atoms. The predicted octanol–water partition coefficient (Wildman–Crippen LogP) is 4.98. The Morgan fingerprint density at radius 2 is 1.78 bits per heavy atom. The molecule has 0 amide bonds. The number of ether oxygens (including phenoxy) is 3. The van der Waals surface area contributed by atoms with Crippen LogP contribution in [0.15, 0.2) is 36.4 Å². The molecule has 1 N–H and O–H groups in total. The van der Waals surface area contributed by atoms with E-state index in [9.17, 15) is 0 Å². The average molecular weight is 506 g/mol. The fourth-order valence-electron chi connectivity index (χ4n) is 7.39. The first-order valence-corrected chi connectivity index (χ1v) is 14.3. The van der Waals surface area contributed by atoms with Crippen molar-refractivity contribution in [2.75, 3.05) is 53.0 Å². The predicted molar refractivity (Wildman–Crippen MR) is 147 cm³/mol. The summed E-state index contributed by atoms with van der Waals surface area (Å²) in [6.07, 6.45) is 5.39. The maximum atomic E-state index is 6.11. The minimum absolute atomic E-state index is 0.413. The third kappa shape index (κ3) is 4.62. The molecule has 6 rings (SSSR count). The van der Waals surface area contributed by atoms with Gasteiger partial charge in [0.25, 0.3) is 0 Å². The smallest absolute Gasteiger partial charge is 0.204 e. The number of methoxy groups -OCH3 is 1. The number of hydrogen-bond acceptors (Lipinski definition) is 6. The van der Waals surface area contributed by atoms with Crippen LogP contribution < -0.4 is 19.5 Å². The molecule has 3 aliphatic heterocycles. The van der Waals surface area contributed by atoms with Crippen molar-refractivity contribution in [3.63, 3.8) is 0 Å². The van der Waals surface area contributed by atoms with Crippen molar-refractivity contribution in [2.24, 2.45) is 5.41 Å². The monoisotopic (exact) mass is 505 g/mol. The van der Waals surface area contributed by atoms with Crippen molar-refractivity contribution in [1.82, 2.24) is 15.1 Å². The summed E-state index contributed by atoms with van der Waals surface area (Å²) in [5.41, 5.74) is 4.73. The van der Waals surface area contributed by atoms with Crippen molar-refractivity contribution in [2.45, 2.75) is 64.1 Å². The van der Waals surface area contributed by atoms with Gasteiger partial charge in [0.15, 0.2) is 11.5 Å². The molecule has 37 heavy (non-hydrogen) atoms. The molecule has 0 bridgehead atoms. The number of rotatable bonds is 6. The van der Waals surface area contributed by atoms with Gasteiger partial charge in [0.1, 0.15) is 13.2 Å². The van der Waals surface area contributed by atoms with Crippen LogP contribution in [0.25, 0.3) is 0 Å². The molecule has 0 aromatic heterocycles.